The first kappa shape index (κ1) is 14.6. The number of para-hydroxylation sites is 1. The summed E-state index contributed by atoms with van der Waals surface area (Å²) < 4.78 is 11.1. The maximum absolute atomic E-state index is 12.5. The number of amides is 1. The number of hydrogen-bond donors (Lipinski definition) is 1. The number of ether oxygens (including phenoxy) is 1. The number of nitrogens with zero attached hydrogens (tertiary/aromatic N) is 2. The molecule has 2 N–H and O–H groups in total. The van der Waals surface area contributed by atoms with Crippen molar-refractivity contribution in [2.75, 3.05) is 18.8 Å². The molecule has 0 spiro atoms. The third kappa shape index (κ3) is 2.82. The van der Waals surface area contributed by atoms with Crippen LogP contribution in [-0.2, 0) is 4.74 Å². The van der Waals surface area contributed by atoms with E-state index in [-0.39, 0.29) is 18.1 Å². The molecule has 1 saturated heterocycles. The number of carbonyl (C=O) groups excluding carboxylic acids is 1. The Morgan fingerprint density at radius 1 is 1.27 bits per heavy atom. The lowest BCUT2D eigenvalue weighted by molar-refractivity contribution is -0.0587. The van der Waals surface area contributed by atoms with Crippen LogP contribution < -0.4 is 5.73 Å². The molecule has 2 heterocycles. The highest BCUT2D eigenvalue weighted by Crippen LogP contribution is 2.25. The van der Waals surface area contributed by atoms with Crippen molar-refractivity contribution in [3.8, 4) is 11.5 Å². The molecule has 2 unspecified atom stereocenters. The van der Waals surface area contributed by atoms with Crippen molar-refractivity contribution in [2.45, 2.75) is 26.1 Å². The number of rotatable bonds is 2. The molecular formula is C16H19N3O3. The van der Waals surface area contributed by atoms with Gasteiger partial charge in [-0.25, -0.2) is 4.98 Å². The molecule has 6 heteroatoms. The summed E-state index contributed by atoms with van der Waals surface area (Å²) in [5, 5.41) is 0. The van der Waals surface area contributed by atoms with Gasteiger partial charge in [-0.1, -0.05) is 12.1 Å². The van der Waals surface area contributed by atoms with Crippen molar-refractivity contribution < 1.29 is 13.9 Å². The Hall–Kier alpha value is -2.34. The minimum absolute atomic E-state index is 0.0174. The standard InChI is InChI=1S/C16H19N3O3/c1-10-7-19(8-11(2)22-10)16(20)14-9-21-15(18-14)12-5-3-4-6-13(12)17/h3-6,9-11H,7-8,17H2,1-2H3. The fraction of sp³-hybridized carbons (Fsp3) is 0.375. The number of morpholine rings is 1. The Kier molecular flexibility index (Phi) is 3.85. The third-order valence-electron chi connectivity index (χ3n) is 3.62. The predicted molar refractivity (Wildman–Crippen MR) is 82.3 cm³/mol. The van der Waals surface area contributed by atoms with Crippen LogP contribution in [-0.4, -0.2) is 41.1 Å². The number of aromatic nitrogens is 1. The lowest BCUT2D eigenvalue weighted by Crippen LogP contribution is -2.48. The van der Waals surface area contributed by atoms with Crippen molar-refractivity contribution in [2.24, 2.45) is 0 Å². The summed E-state index contributed by atoms with van der Waals surface area (Å²) in [4.78, 5) is 18.6. The molecule has 0 saturated carbocycles. The zero-order valence-corrected chi connectivity index (χ0v) is 12.7. The molecule has 0 radical (unpaired) electrons. The summed E-state index contributed by atoms with van der Waals surface area (Å²) in [7, 11) is 0. The Balaban J connectivity index is 1.82. The SMILES string of the molecule is CC1CN(C(=O)c2coc(-c3ccccc3N)n2)CC(C)O1. The smallest absolute Gasteiger partial charge is 0.276 e. The lowest BCUT2D eigenvalue weighted by atomic mass is 10.2. The summed E-state index contributed by atoms with van der Waals surface area (Å²) in [6, 6.07) is 7.27. The zero-order chi connectivity index (χ0) is 15.7. The van der Waals surface area contributed by atoms with E-state index in [0.29, 0.717) is 35.9 Å². The van der Waals surface area contributed by atoms with Gasteiger partial charge >= 0.3 is 0 Å². The lowest BCUT2D eigenvalue weighted by Gasteiger charge is -2.34. The molecule has 0 aliphatic carbocycles. The molecule has 1 aromatic heterocycles. The van der Waals surface area contributed by atoms with E-state index in [9.17, 15) is 4.79 Å². The first-order valence-electron chi connectivity index (χ1n) is 7.29. The highest BCUT2D eigenvalue weighted by atomic mass is 16.5. The van der Waals surface area contributed by atoms with Gasteiger partial charge in [0.15, 0.2) is 5.69 Å². The van der Waals surface area contributed by atoms with Gasteiger partial charge in [-0.2, -0.15) is 0 Å². The maximum Gasteiger partial charge on any atom is 0.276 e. The van der Waals surface area contributed by atoms with E-state index in [1.807, 2.05) is 32.0 Å². The van der Waals surface area contributed by atoms with Crippen molar-refractivity contribution in [3.63, 3.8) is 0 Å². The summed E-state index contributed by atoms with van der Waals surface area (Å²) in [5.41, 5.74) is 7.45. The molecule has 1 aromatic carbocycles. The molecule has 1 amide bonds. The number of oxazole rings is 1. The predicted octanol–water partition coefficient (Wildman–Crippen LogP) is 2.17. The van der Waals surface area contributed by atoms with Gasteiger partial charge in [-0.15, -0.1) is 0 Å². The summed E-state index contributed by atoms with van der Waals surface area (Å²) in [6.07, 6.45) is 1.42. The zero-order valence-electron chi connectivity index (χ0n) is 12.7. The Labute approximate surface area is 128 Å². The van der Waals surface area contributed by atoms with Gasteiger partial charge in [0.25, 0.3) is 5.91 Å². The quantitative estimate of drug-likeness (QED) is 0.860. The summed E-state index contributed by atoms with van der Waals surface area (Å²) >= 11 is 0. The van der Waals surface area contributed by atoms with E-state index >= 15 is 0 Å². The number of anilines is 1. The van der Waals surface area contributed by atoms with Crippen LogP contribution in [0.4, 0.5) is 5.69 Å². The van der Waals surface area contributed by atoms with Crippen LogP contribution in [0, 0.1) is 0 Å². The first-order chi connectivity index (χ1) is 10.5. The molecular weight excluding hydrogens is 282 g/mol. The van der Waals surface area contributed by atoms with E-state index in [4.69, 9.17) is 14.9 Å². The van der Waals surface area contributed by atoms with Crippen LogP contribution in [0.1, 0.15) is 24.3 Å². The van der Waals surface area contributed by atoms with E-state index in [0.717, 1.165) is 0 Å². The fourth-order valence-electron chi connectivity index (χ4n) is 2.69. The van der Waals surface area contributed by atoms with Crippen molar-refractivity contribution in [3.05, 3.63) is 36.2 Å². The van der Waals surface area contributed by atoms with E-state index in [2.05, 4.69) is 4.98 Å². The second-order valence-electron chi connectivity index (χ2n) is 5.59. The van der Waals surface area contributed by atoms with Crippen LogP contribution in [0.25, 0.3) is 11.5 Å². The number of hydrogen-bond acceptors (Lipinski definition) is 5. The molecule has 1 aliphatic rings. The van der Waals surface area contributed by atoms with Gasteiger partial charge < -0.3 is 19.8 Å². The minimum Gasteiger partial charge on any atom is -0.444 e. The van der Waals surface area contributed by atoms with Crippen LogP contribution in [0.2, 0.25) is 0 Å². The van der Waals surface area contributed by atoms with Crippen molar-refractivity contribution in [1.82, 2.24) is 9.88 Å². The van der Waals surface area contributed by atoms with Gasteiger partial charge in [0, 0.05) is 18.8 Å². The molecule has 2 aromatic rings. The second-order valence-corrected chi connectivity index (χ2v) is 5.59. The molecule has 1 fully saturated rings. The Bertz CT molecular complexity index is 673. The Morgan fingerprint density at radius 2 is 1.95 bits per heavy atom. The number of nitrogen functional groups attached to an aromatic ring is 1. The van der Waals surface area contributed by atoms with Crippen molar-refractivity contribution in [1.29, 1.82) is 0 Å². The summed E-state index contributed by atoms with van der Waals surface area (Å²) in [6.45, 7) is 5.02. The molecule has 1 aliphatic heterocycles. The number of benzene rings is 1. The molecule has 0 bridgehead atoms. The molecule has 3 rings (SSSR count). The average molecular weight is 301 g/mol. The maximum atomic E-state index is 12.5. The highest BCUT2D eigenvalue weighted by molar-refractivity contribution is 5.92. The summed E-state index contributed by atoms with van der Waals surface area (Å²) in [5.74, 6) is 0.210. The van der Waals surface area contributed by atoms with E-state index < -0.39 is 0 Å². The van der Waals surface area contributed by atoms with Crippen LogP contribution >= 0.6 is 0 Å². The van der Waals surface area contributed by atoms with Crippen LogP contribution in [0.5, 0.6) is 0 Å². The van der Waals surface area contributed by atoms with Crippen molar-refractivity contribution >= 4 is 11.6 Å². The molecule has 6 nitrogen and oxygen atoms in total. The van der Waals surface area contributed by atoms with Gasteiger partial charge in [-0.3, -0.25) is 4.79 Å². The number of nitrogens with two attached hydrogens (primary N) is 1. The van der Waals surface area contributed by atoms with Gasteiger partial charge in [0.05, 0.1) is 17.8 Å². The van der Waals surface area contributed by atoms with Gasteiger partial charge in [0.2, 0.25) is 5.89 Å². The normalized spacial score (nSPS) is 21.8. The topological polar surface area (TPSA) is 81.6 Å². The van der Waals surface area contributed by atoms with E-state index in [1.165, 1.54) is 6.26 Å². The van der Waals surface area contributed by atoms with Crippen LogP contribution in [0.15, 0.2) is 34.9 Å². The highest BCUT2D eigenvalue weighted by Gasteiger charge is 2.28. The van der Waals surface area contributed by atoms with Gasteiger partial charge in [0.1, 0.15) is 6.26 Å². The number of carbonyl (C=O) groups is 1. The monoisotopic (exact) mass is 301 g/mol. The minimum atomic E-state index is -0.147. The fourth-order valence-corrected chi connectivity index (χ4v) is 2.69. The molecule has 116 valence electrons. The molecule has 22 heavy (non-hydrogen) atoms. The third-order valence-corrected chi connectivity index (χ3v) is 3.62. The first-order valence-corrected chi connectivity index (χ1v) is 7.29. The molecule has 2 atom stereocenters. The largest absolute Gasteiger partial charge is 0.444 e. The second kappa shape index (κ2) is 5.81. The van der Waals surface area contributed by atoms with Crippen LogP contribution in [0.3, 0.4) is 0 Å². The Morgan fingerprint density at radius 3 is 2.64 bits per heavy atom. The van der Waals surface area contributed by atoms with E-state index in [1.54, 1.807) is 11.0 Å². The van der Waals surface area contributed by atoms with Gasteiger partial charge in [-0.05, 0) is 26.0 Å². The average Bonchev–Trinajstić information content (AvgIpc) is 2.95.